The summed E-state index contributed by atoms with van der Waals surface area (Å²) >= 11 is 0. The van der Waals surface area contributed by atoms with Crippen molar-refractivity contribution >= 4 is 16.9 Å². The maximum absolute atomic E-state index is 12.5. The van der Waals surface area contributed by atoms with Gasteiger partial charge in [-0.3, -0.25) is 4.79 Å². The van der Waals surface area contributed by atoms with Gasteiger partial charge in [-0.1, -0.05) is 0 Å². The van der Waals surface area contributed by atoms with E-state index in [-0.39, 0.29) is 11.9 Å². The van der Waals surface area contributed by atoms with Gasteiger partial charge in [-0.05, 0) is 39.7 Å². The summed E-state index contributed by atoms with van der Waals surface area (Å²) in [6, 6.07) is 2.20. The molecule has 0 aromatic carbocycles. The molecular weight excluding hydrogens is 252 g/mol. The van der Waals surface area contributed by atoms with Gasteiger partial charge in [-0.2, -0.15) is 5.10 Å². The Hall–Kier alpha value is -1.91. The predicted octanol–water partition coefficient (Wildman–Crippen LogP) is 2.56. The summed E-state index contributed by atoms with van der Waals surface area (Å²) in [4.78, 5) is 19.0. The number of likely N-dealkylation sites (tertiary alicyclic amines) is 1. The molecule has 5 heteroatoms. The third kappa shape index (κ3) is 2.07. The number of amides is 1. The second-order valence-electron chi connectivity index (χ2n) is 5.72. The molecule has 1 aliphatic heterocycles. The average Bonchev–Trinajstić information content (AvgIpc) is 3.05. The molecule has 1 fully saturated rings. The minimum Gasteiger partial charge on any atom is -0.339 e. The third-order valence-electron chi connectivity index (χ3n) is 3.87. The van der Waals surface area contributed by atoms with Crippen molar-refractivity contribution in [2.75, 3.05) is 13.1 Å². The number of aryl methyl sites for hydroxylation is 1. The van der Waals surface area contributed by atoms with Crippen LogP contribution in [0.3, 0.4) is 0 Å². The maximum atomic E-state index is 12.5. The first-order valence-corrected chi connectivity index (χ1v) is 7.22. The number of hydrogen-bond acceptors (Lipinski definition) is 3. The van der Waals surface area contributed by atoms with Crippen LogP contribution in [0.15, 0.2) is 12.3 Å². The highest BCUT2D eigenvalue weighted by Crippen LogP contribution is 2.21. The fourth-order valence-electron chi connectivity index (χ4n) is 2.75. The van der Waals surface area contributed by atoms with Gasteiger partial charge in [0.05, 0.1) is 17.5 Å². The average molecular weight is 272 g/mol. The highest BCUT2D eigenvalue weighted by molar-refractivity contribution is 5.98. The lowest BCUT2D eigenvalue weighted by Crippen LogP contribution is -2.28. The Morgan fingerprint density at radius 1 is 1.30 bits per heavy atom. The molecule has 20 heavy (non-hydrogen) atoms. The summed E-state index contributed by atoms with van der Waals surface area (Å²) in [6.45, 7) is 7.78. The van der Waals surface area contributed by atoms with E-state index in [0.29, 0.717) is 5.56 Å². The molecule has 5 nitrogen and oxygen atoms in total. The number of carbonyl (C=O) groups excluding carboxylic acids is 1. The molecule has 0 spiro atoms. The smallest absolute Gasteiger partial charge is 0.255 e. The standard InChI is InChI=1S/C15H20N4O/c1-10(2)19-14-12(9-16-19)8-13(11(3)17-14)15(20)18-6-4-5-7-18/h8-10H,4-7H2,1-3H3. The van der Waals surface area contributed by atoms with Crippen LogP contribution in [0.4, 0.5) is 0 Å². The molecule has 0 unspecified atom stereocenters. The van der Waals surface area contributed by atoms with Crippen LogP contribution in [0.5, 0.6) is 0 Å². The number of rotatable bonds is 2. The Labute approximate surface area is 118 Å². The van der Waals surface area contributed by atoms with Gasteiger partial charge in [0.15, 0.2) is 5.65 Å². The Morgan fingerprint density at radius 3 is 2.65 bits per heavy atom. The van der Waals surface area contributed by atoms with E-state index in [2.05, 4.69) is 23.9 Å². The van der Waals surface area contributed by atoms with Crippen molar-refractivity contribution in [3.63, 3.8) is 0 Å². The second kappa shape index (κ2) is 4.89. The van der Waals surface area contributed by atoms with Gasteiger partial charge in [0.1, 0.15) is 0 Å². The van der Waals surface area contributed by atoms with Crippen molar-refractivity contribution in [3.8, 4) is 0 Å². The predicted molar refractivity (Wildman–Crippen MR) is 77.8 cm³/mol. The van der Waals surface area contributed by atoms with Crippen LogP contribution in [-0.2, 0) is 0 Å². The zero-order valence-corrected chi connectivity index (χ0v) is 12.3. The summed E-state index contributed by atoms with van der Waals surface area (Å²) in [5, 5.41) is 5.30. The van der Waals surface area contributed by atoms with E-state index in [0.717, 1.165) is 42.7 Å². The van der Waals surface area contributed by atoms with Crippen molar-refractivity contribution in [3.05, 3.63) is 23.5 Å². The van der Waals surface area contributed by atoms with Gasteiger partial charge in [-0.15, -0.1) is 0 Å². The van der Waals surface area contributed by atoms with Gasteiger partial charge in [-0.25, -0.2) is 9.67 Å². The fourth-order valence-corrected chi connectivity index (χ4v) is 2.75. The molecule has 2 aromatic heterocycles. The second-order valence-corrected chi connectivity index (χ2v) is 5.72. The van der Waals surface area contributed by atoms with Crippen LogP contribution in [0, 0.1) is 6.92 Å². The third-order valence-corrected chi connectivity index (χ3v) is 3.87. The Balaban J connectivity index is 2.04. The summed E-state index contributed by atoms with van der Waals surface area (Å²) in [7, 11) is 0. The van der Waals surface area contributed by atoms with Crippen molar-refractivity contribution in [1.82, 2.24) is 19.7 Å². The van der Waals surface area contributed by atoms with E-state index in [1.165, 1.54) is 0 Å². The Morgan fingerprint density at radius 2 is 2.00 bits per heavy atom. The normalized spacial score (nSPS) is 15.5. The lowest BCUT2D eigenvalue weighted by atomic mass is 10.1. The number of nitrogens with zero attached hydrogens (tertiary/aromatic N) is 4. The summed E-state index contributed by atoms with van der Waals surface area (Å²) in [5.74, 6) is 0.103. The summed E-state index contributed by atoms with van der Waals surface area (Å²) < 4.78 is 1.90. The van der Waals surface area contributed by atoms with Gasteiger partial charge in [0.2, 0.25) is 0 Å². The maximum Gasteiger partial charge on any atom is 0.255 e. The Kier molecular flexibility index (Phi) is 3.20. The molecule has 0 N–H and O–H groups in total. The van der Waals surface area contributed by atoms with Crippen molar-refractivity contribution < 1.29 is 4.79 Å². The lowest BCUT2D eigenvalue weighted by molar-refractivity contribution is 0.0792. The minimum absolute atomic E-state index is 0.103. The van der Waals surface area contributed by atoms with E-state index < -0.39 is 0 Å². The molecule has 1 saturated heterocycles. The molecule has 0 radical (unpaired) electrons. The van der Waals surface area contributed by atoms with Crippen LogP contribution >= 0.6 is 0 Å². The van der Waals surface area contributed by atoms with Crippen LogP contribution in [0.2, 0.25) is 0 Å². The van der Waals surface area contributed by atoms with Gasteiger partial charge in [0.25, 0.3) is 5.91 Å². The quantitative estimate of drug-likeness (QED) is 0.844. The minimum atomic E-state index is 0.103. The zero-order chi connectivity index (χ0) is 14.3. The molecule has 3 heterocycles. The SMILES string of the molecule is Cc1nc2c(cnn2C(C)C)cc1C(=O)N1CCCC1. The fraction of sp³-hybridized carbons (Fsp3) is 0.533. The number of fused-ring (bicyclic) bond motifs is 1. The largest absolute Gasteiger partial charge is 0.339 e. The molecule has 0 atom stereocenters. The van der Waals surface area contributed by atoms with Crippen LogP contribution in [0.25, 0.3) is 11.0 Å². The first-order chi connectivity index (χ1) is 9.58. The van der Waals surface area contributed by atoms with Crippen molar-refractivity contribution in [2.24, 2.45) is 0 Å². The number of carbonyl (C=O) groups is 1. The molecule has 1 amide bonds. The zero-order valence-electron chi connectivity index (χ0n) is 12.3. The molecule has 0 aliphatic carbocycles. The van der Waals surface area contributed by atoms with Crippen molar-refractivity contribution in [1.29, 1.82) is 0 Å². The number of aromatic nitrogens is 3. The monoisotopic (exact) mass is 272 g/mol. The Bertz CT molecular complexity index is 653. The summed E-state index contributed by atoms with van der Waals surface area (Å²) in [5.41, 5.74) is 2.36. The molecule has 1 aliphatic rings. The topological polar surface area (TPSA) is 51.0 Å². The number of pyridine rings is 1. The van der Waals surface area contributed by atoms with Crippen LogP contribution in [0.1, 0.15) is 48.8 Å². The first kappa shape index (κ1) is 13.1. The van der Waals surface area contributed by atoms with E-state index >= 15 is 0 Å². The number of hydrogen-bond donors (Lipinski definition) is 0. The van der Waals surface area contributed by atoms with Gasteiger partial charge >= 0.3 is 0 Å². The highest BCUT2D eigenvalue weighted by atomic mass is 16.2. The van der Waals surface area contributed by atoms with E-state index in [1.54, 1.807) is 6.20 Å². The molecule has 2 aromatic rings. The molecule has 106 valence electrons. The molecular formula is C15H20N4O. The van der Waals surface area contributed by atoms with E-state index in [1.807, 2.05) is 22.6 Å². The van der Waals surface area contributed by atoms with Crippen LogP contribution in [-0.4, -0.2) is 38.7 Å². The van der Waals surface area contributed by atoms with Crippen LogP contribution < -0.4 is 0 Å². The first-order valence-electron chi connectivity index (χ1n) is 7.22. The molecule has 0 bridgehead atoms. The molecule has 0 saturated carbocycles. The van der Waals surface area contributed by atoms with E-state index in [9.17, 15) is 4.79 Å². The highest BCUT2D eigenvalue weighted by Gasteiger charge is 2.22. The summed E-state index contributed by atoms with van der Waals surface area (Å²) in [6.07, 6.45) is 4.00. The van der Waals surface area contributed by atoms with Crippen molar-refractivity contribution in [2.45, 2.75) is 39.7 Å². The van der Waals surface area contributed by atoms with Gasteiger partial charge < -0.3 is 4.90 Å². The molecule has 3 rings (SSSR count). The van der Waals surface area contributed by atoms with Gasteiger partial charge in [0, 0.05) is 24.5 Å². The van der Waals surface area contributed by atoms with E-state index in [4.69, 9.17) is 0 Å². The lowest BCUT2D eigenvalue weighted by Gasteiger charge is -2.16.